The molecule has 1 heterocycles. The van der Waals surface area contributed by atoms with Crippen LogP contribution in [0.25, 0.3) is 0 Å². The number of likely N-dealkylation sites (tertiary alicyclic amines) is 1. The Morgan fingerprint density at radius 2 is 2.31 bits per heavy atom. The lowest BCUT2D eigenvalue weighted by Crippen LogP contribution is -2.22. The second-order valence-electron chi connectivity index (χ2n) is 4.71. The van der Waals surface area contributed by atoms with E-state index < -0.39 is 0 Å². The third-order valence-corrected chi connectivity index (χ3v) is 4.20. The number of benzene rings is 1. The highest BCUT2D eigenvalue weighted by Crippen LogP contribution is 2.21. The molecular formula is C13H19BrN2. The van der Waals surface area contributed by atoms with E-state index in [2.05, 4.69) is 46.0 Å². The van der Waals surface area contributed by atoms with E-state index >= 15 is 0 Å². The van der Waals surface area contributed by atoms with Crippen molar-refractivity contribution in [3.8, 4) is 0 Å². The van der Waals surface area contributed by atoms with Gasteiger partial charge in [-0.15, -0.1) is 0 Å². The van der Waals surface area contributed by atoms with Crippen molar-refractivity contribution in [2.75, 3.05) is 19.6 Å². The van der Waals surface area contributed by atoms with Crippen molar-refractivity contribution in [1.82, 2.24) is 4.90 Å². The van der Waals surface area contributed by atoms with Gasteiger partial charge in [-0.25, -0.2) is 0 Å². The normalized spacial score (nSPS) is 21.6. The van der Waals surface area contributed by atoms with Crippen molar-refractivity contribution in [2.45, 2.75) is 19.9 Å². The van der Waals surface area contributed by atoms with Crippen LogP contribution in [0.3, 0.4) is 0 Å². The van der Waals surface area contributed by atoms with Gasteiger partial charge in [-0.05, 0) is 49.5 Å². The molecule has 16 heavy (non-hydrogen) atoms. The summed E-state index contributed by atoms with van der Waals surface area (Å²) in [6.07, 6.45) is 1.25. The first-order chi connectivity index (χ1) is 7.69. The molecule has 0 amide bonds. The molecule has 1 aromatic rings. The molecule has 0 spiro atoms. The average Bonchev–Trinajstić information content (AvgIpc) is 2.71. The smallest absolute Gasteiger partial charge is 0.0234 e. The van der Waals surface area contributed by atoms with Gasteiger partial charge in [0, 0.05) is 17.6 Å². The zero-order chi connectivity index (χ0) is 11.5. The molecule has 2 rings (SSSR count). The van der Waals surface area contributed by atoms with Crippen LogP contribution in [0.15, 0.2) is 22.7 Å². The number of halogens is 1. The summed E-state index contributed by atoms with van der Waals surface area (Å²) in [5.41, 5.74) is 8.38. The summed E-state index contributed by atoms with van der Waals surface area (Å²) in [6, 6.07) is 6.62. The standard InChI is InChI=1S/C13H19BrN2/c1-10-2-3-11(6-13(10)14)8-16-5-4-12(7-15)9-16/h2-3,6,12H,4-5,7-9,15H2,1H3. The van der Waals surface area contributed by atoms with Crippen LogP contribution in [-0.2, 0) is 6.54 Å². The molecule has 1 aromatic carbocycles. The molecule has 88 valence electrons. The van der Waals surface area contributed by atoms with Gasteiger partial charge in [0.2, 0.25) is 0 Å². The lowest BCUT2D eigenvalue weighted by molar-refractivity contribution is 0.318. The highest BCUT2D eigenvalue weighted by Gasteiger charge is 2.20. The van der Waals surface area contributed by atoms with Gasteiger partial charge in [-0.1, -0.05) is 28.1 Å². The second kappa shape index (κ2) is 5.30. The minimum Gasteiger partial charge on any atom is -0.330 e. The Morgan fingerprint density at radius 1 is 1.50 bits per heavy atom. The van der Waals surface area contributed by atoms with Crippen molar-refractivity contribution >= 4 is 15.9 Å². The summed E-state index contributed by atoms with van der Waals surface area (Å²) in [5, 5.41) is 0. The molecule has 0 saturated carbocycles. The van der Waals surface area contributed by atoms with Crippen LogP contribution in [-0.4, -0.2) is 24.5 Å². The quantitative estimate of drug-likeness (QED) is 0.923. The van der Waals surface area contributed by atoms with E-state index in [0.717, 1.165) is 19.6 Å². The van der Waals surface area contributed by atoms with E-state index in [1.807, 2.05) is 0 Å². The summed E-state index contributed by atoms with van der Waals surface area (Å²) >= 11 is 3.58. The van der Waals surface area contributed by atoms with E-state index in [1.54, 1.807) is 0 Å². The van der Waals surface area contributed by atoms with E-state index in [0.29, 0.717) is 5.92 Å². The number of nitrogens with two attached hydrogens (primary N) is 1. The fourth-order valence-electron chi connectivity index (χ4n) is 2.24. The predicted octanol–water partition coefficient (Wildman–Crippen LogP) is 2.54. The zero-order valence-corrected chi connectivity index (χ0v) is 11.3. The Morgan fingerprint density at radius 3 is 2.94 bits per heavy atom. The Hall–Kier alpha value is -0.380. The van der Waals surface area contributed by atoms with E-state index in [4.69, 9.17) is 5.73 Å². The summed E-state index contributed by atoms with van der Waals surface area (Å²) in [6.45, 7) is 6.34. The van der Waals surface area contributed by atoms with E-state index in [-0.39, 0.29) is 0 Å². The van der Waals surface area contributed by atoms with Crippen molar-refractivity contribution in [3.05, 3.63) is 33.8 Å². The molecule has 0 aliphatic carbocycles. The van der Waals surface area contributed by atoms with Crippen LogP contribution in [0.1, 0.15) is 17.5 Å². The molecule has 0 bridgehead atoms. The van der Waals surface area contributed by atoms with Crippen LogP contribution >= 0.6 is 15.9 Å². The first kappa shape index (κ1) is 12.1. The molecular weight excluding hydrogens is 264 g/mol. The van der Waals surface area contributed by atoms with Crippen molar-refractivity contribution in [1.29, 1.82) is 0 Å². The molecule has 1 aliphatic heterocycles. The molecule has 2 N–H and O–H groups in total. The number of aryl methyl sites for hydroxylation is 1. The highest BCUT2D eigenvalue weighted by molar-refractivity contribution is 9.10. The van der Waals surface area contributed by atoms with Crippen molar-refractivity contribution in [2.24, 2.45) is 11.7 Å². The molecule has 1 fully saturated rings. The predicted molar refractivity (Wildman–Crippen MR) is 71.3 cm³/mol. The zero-order valence-electron chi connectivity index (χ0n) is 9.75. The van der Waals surface area contributed by atoms with Gasteiger partial charge in [-0.2, -0.15) is 0 Å². The second-order valence-corrected chi connectivity index (χ2v) is 5.56. The topological polar surface area (TPSA) is 29.3 Å². The van der Waals surface area contributed by atoms with Gasteiger partial charge in [-0.3, -0.25) is 4.90 Å². The number of rotatable bonds is 3. The SMILES string of the molecule is Cc1ccc(CN2CCC(CN)C2)cc1Br. The van der Waals surface area contributed by atoms with Crippen LogP contribution in [0.2, 0.25) is 0 Å². The molecule has 1 unspecified atom stereocenters. The van der Waals surface area contributed by atoms with Gasteiger partial charge < -0.3 is 5.73 Å². The Labute approximate surface area is 106 Å². The molecule has 0 aromatic heterocycles. The van der Waals surface area contributed by atoms with Gasteiger partial charge >= 0.3 is 0 Å². The first-order valence-electron chi connectivity index (χ1n) is 5.86. The maximum Gasteiger partial charge on any atom is 0.0234 e. The van der Waals surface area contributed by atoms with Gasteiger partial charge in [0.1, 0.15) is 0 Å². The third-order valence-electron chi connectivity index (χ3n) is 3.35. The minimum absolute atomic E-state index is 0.703. The van der Waals surface area contributed by atoms with Crippen LogP contribution in [0.5, 0.6) is 0 Å². The average molecular weight is 283 g/mol. The molecule has 3 heteroatoms. The van der Waals surface area contributed by atoms with Gasteiger partial charge in [0.15, 0.2) is 0 Å². The largest absolute Gasteiger partial charge is 0.330 e. The van der Waals surface area contributed by atoms with Gasteiger partial charge in [0.25, 0.3) is 0 Å². The van der Waals surface area contributed by atoms with E-state index in [9.17, 15) is 0 Å². The number of nitrogens with zero attached hydrogens (tertiary/aromatic N) is 1. The minimum atomic E-state index is 0.703. The maximum absolute atomic E-state index is 5.70. The molecule has 2 nitrogen and oxygen atoms in total. The Kier molecular flexibility index (Phi) is 4.00. The Balaban J connectivity index is 1.97. The Bertz CT molecular complexity index is 365. The van der Waals surface area contributed by atoms with Crippen molar-refractivity contribution in [3.63, 3.8) is 0 Å². The molecule has 0 radical (unpaired) electrons. The lowest BCUT2D eigenvalue weighted by Gasteiger charge is -2.16. The lowest BCUT2D eigenvalue weighted by atomic mass is 10.1. The fourth-order valence-corrected chi connectivity index (χ4v) is 2.67. The number of hydrogen-bond donors (Lipinski definition) is 1. The van der Waals surface area contributed by atoms with Crippen LogP contribution < -0.4 is 5.73 Å². The molecule has 1 saturated heterocycles. The molecule has 1 atom stereocenters. The van der Waals surface area contributed by atoms with Crippen LogP contribution in [0.4, 0.5) is 0 Å². The third kappa shape index (κ3) is 2.84. The molecule has 1 aliphatic rings. The highest BCUT2D eigenvalue weighted by atomic mass is 79.9. The van der Waals surface area contributed by atoms with Crippen LogP contribution in [0, 0.1) is 12.8 Å². The summed E-state index contributed by atoms with van der Waals surface area (Å²) < 4.78 is 1.21. The maximum atomic E-state index is 5.70. The van der Waals surface area contributed by atoms with Gasteiger partial charge in [0.05, 0.1) is 0 Å². The monoisotopic (exact) mass is 282 g/mol. The van der Waals surface area contributed by atoms with Crippen molar-refractivity contribution < 1.29 is 0 Å². The fraction of sp³-hybridized carbons (Fsp3) is 0.538. The number of hydrogen-bond acceptors (Lipinski definition) is 2. The first-order valence-corrected chi connectivity index (χ1v) is 6.66. The summed E-state index contributed by atoms with van der Waals surface area (Å²) in [5.74, 6) is 0.703. The van der Waals surface area contributed by atoms with E-state index in [1.165, 1.54) is 28.6 Å². The summed E-state index contributed by atoms with van der Waals surface area (Å²) in [7, 11) is 0. The summed E-state index contributed by atoms with van der Waals surface area (Å²) in [4.78, 5) is 2.49.